The van der Waals surface area contributed by atoms with Crippen LogP contribution in [-0.4, -0.2) is 25.7 Å². The molecule has 0 radical (unpaired) electrons. The highest BCUT2D eigenvalue weighted by Gasteiger charge is 2.63. The molecule has 1 aromatic rings. The molecule has 0 spiro atoms. The molecular weight excluding hydrogens is 320 g/mol. The predicted octanol–water partition coefficient (Wildman–Crippen LogP) is 3.67. The minimum atomic E-state index is -1.05. The van der Waals surface area contributed by atoms with E-state index < -0.39 is 12.1 Å². The lowest BCUT2D eigenvalue weighted by atomic mass is 9.70. The molecule has 0 aliphatic heterocycles. The van der Waals surface area contributed by atoms with Gasteiger partial charge in [0.05, 0.1) is 7.11 Å². The molecule has 25 heavy (non-hydrogen) atoms. The van der Waals surface area contributed by atoms with Gasteiger partial charge in [-0.15, -0.1) is 0 Å². The number of hydrogen-bond donors (Lipinski definition) is 0. The third-order valence-electron chi connectivity index (χ3n) is 6.80. The average Bonchev–Trinajstić information content (AvgIpc) is 2.93. The number of carbonyl (C=O) groups is 2. The van der Waals surface area contributed by atoms with Gasteiger partial charge < -0.3 is 14.2 Å². The van der Waals surface area contributed by atoms with E-state index in [9.17, 15) is 9.59 Å². The fourth-order valence-corrected chi connectivity index (χ4v) is 4.61. The molecule has 2 aliphatic carbocycles. The van der Waals surface area contributed by atoms with Crippen LogP contribution in [0.4, 0.5) is 0 Å². The molecule has 2 saturated carbocycles. The Bertz CT molecular complexity index is 651. The van der Waals surface area contributed by atoms with Gasteiger partial charge in [-0.2, -0.15) is 0 Å². The molecular formula is C20H26O5. The van der Waals surface area contributed by atoms with Crippen LogP contribution in [0.1, 0.15) is 51.7 Å². The minimum absolute atomic E-state index is 0.0288. The minimum Gasteiger partial charge on any atom is -0.497 e. The second-order valence-electron chi connectivity index (χ2n) is 7.92. The molecule has 5 heteroatoms. The molecule has 2 bridgehead atoms. The summed E-state index contributed by atoms with van der Waals surface area (Å²) in [7, 11) is 1.57. The van der Waals surface area contributed by atoms with Crippen molar-refractivity contribution in [2.24, 2.45) is 16.7 Å². The standard InChI is InChI=1S/C20H26O5/c1-19(2)14-9-10-20(19,3)16(11-14)25-18(22)17(24-12-21)13-5-7-15(23-4)8-6-13/h5-8,12,14,16-17H,9-11H2,1-4H3. The van der Waals surface area contributed by atoms with Gasteiger partial charge in [-0.05, 0) is 42.7 Å². The zero-order chi connectivity index (χ0) is 18.2. The van der Waals surface area contributed by atoms with E-state index in [4.69, 9.17) is 14.2 Å². The molecule has 2 fully saturated rings. The highest BCUT2D eigenvalue weighted by atomic mass is 16.6. The summed E-state index contributed by atoms with van der Waals surface area (Å²) in [5, 5.41) is 0. The summed E-state index contributed by atoms with van der Waals surface area (Å²) in [4.78, 5) is 23.6. The van der Waals surface area contributed by atoms with Gasteiger partial charge >= 0.3 is 5.97 Å². The van der Waals surface area contributed by atoms with Crippen LogP contribution in [0.15, 0.2) is 24.3 Å². The van der Waals surface area contributed by atoms with E-state index in [0.29, 0.717) is 23.7 Å². The fraction of sp³-hybridized carbons (Fsp3) is 0.600. The molecule has 2 aliphatic rings. The summed E-state index contributed by atoms with van der Waals surface area (Å²) in [5.74, 6) is 0.734. The number of fused-ring (bicyclic) bond motifs is 2. The number of methoxy groups -OCH3 is 1. The SMILES string of the molecule is COc1ccc(C(OC=O)C(=O)OC2CC3CCC2(C)C3(C)C)cc1. The van der Waals surface area contributed by atoms with Crippen LogP contribution in [-0.2, 0) is 19.1 Å². The van der Waals surface area contributed by atoms with Crippen molar-refractivity contribution in [1.82, 2.24) is 0 Å². The van der Waals surface area contributed by atoms with E-state index in [2.05, 4.69) is 20.8 Å². The van der Waals surface area contributed by atoms with Crippen LogP contribution in [0.2, 0.25) is 0 Å². The van der Waals surface area contributed by atoms with Crippen LogP contribution in [0, 0.1) is 16.7 Å². The highest BCUT2D eigenvalue weighted by molar-refractivity contribution is 5.78. The van der Waals surface area contributed by atoms with Crippen molar-refractivity contribution in [3.05, 3.63) is 29.8 Å². The zero-order valence-corrected chi connectivity index (χ0v) is 15.3. The molecule has 0 saturated heterocycles. The molecule has 4 unspecified atom stereocenters. The second-order valence-corrected chi connectivity index (χ2v) is 7.92. The molecule has 0 aromatic heterocycles. The first-order chi connectivity index (χ1) is 11.8. The third-order valence-corrected chi connectivity index (χ3v) is 6.80. The van der Waals surface area contributed by atoms with Crippen LogP contribution in [0.5, 0.6) is 5.75 Å². The molecule has 0 amide bonds. The Morgan fingerprint density at radius 3 is 2.40 bits per heavy atom. The maximum atomic E-state index is 12.7. The van der Waals surface area contributed by atoms with Crippen molar-refractivity contribution in [3.63, 3.8) is 0 Å². The first-order valence-corrected chi connectivity index (χ1v) is 8.77. The number of carbonyl (C=O) groups excluding carboxylic acids is 2. The van der Waals surface area contributed by atoms with Gasteiger partial charge in [-0.3, -0.25) is 4.79 Å². The van der Waals surface area contributed by atoms with Gasteiger partial charge in [0.15, 0.2) is 0 Å². The topological polar surface area (TPSA) is 61.8 Å². The van der Waals surface area contributed by atoms with Gasteiger partial charge in [-0.25, -0.2) is 4.79 Å². The largest absolute Gasteiger partial charge is 0.497 e. The van der Waals surface area contributed by atoms with Crippen LogP contribution in [0.3, 0.4) is 0 Å². The zero-order valence-electron chi connectivity index (χ0n) is 15.3. The highest BCUT2D eigenvalue weighted by Crippen LogP contribution is 2.66. The number of esters is 1. The van der Waals surface area contributed by atoms with E-state index in [-0.39, 0.29) is 16.9 Å². The molecule has 0 N–H and O–H groups in total. The first-order valence-electron chi connectivity index (χ1n) is 8.77. The summed E-state index contributed by atoms with van der Waals surface area (Å²) in [6, 6.07) is 6.87. The van der Waals surface area contributed by atoms with Gasteiger partial charge in [0.25, 0.3) is 6.47 Å². The number of rotatable bonds is 6. The van der Waals surface area contributed by atoms with Crippen LogP contribution in [0.25, 0.3) is 0 Å². The molecule has 136 valence electrons. The second kappa shape index (κ2) is 6.36. The van der Waals surface area contributed by atoms with Gasteiger partial charge in [0.1, 0.15) is 11.9 Å². The van der Waals surface area contributed by atoms with E-state index >= 15 is 0 Å². The number of ether oxygens (including phenoxy) is 3. The summed E-state index contributed by atoms with van der Waals surface area (Å²) in [6.45, 7) is 7.03. The molecule has 5 nitrogen and oxygen atoms in total. The maximum absolute atomic E-state index is 12.7. The fourth-order valence-electron chi connectivity index (χ4n) is 4.61. The normalized spacial score (nSPS) is 30.6. The Morgan fingerprint density at radius 1 is 1.24 bits per heavy atom. The van der Waals surface area contributed by atoms with Crippen molar-refractivity contribution in [2.75, 3.05) is 7.11 Å². The van der Waals surface area contributed by atoms with E-state index in [1.807, 2.05) is 0 Å². The molecule has 1 aromatic carbocycles. The predicted molar refractivity (Wildman–Crippen MR) is 92.0 cm³/mol. The van der Waals surface area contributed by atoms with Gasteiger partial charge in [0.2, 0.25) is 6.10 Å². The van der Waals surface area contributed by atoms with Gasteiger partial charge in [-0.1, -0.05) is 32.9 Å². The van der Waals surface area contributed by atoms with Crippen LogP contribution < -0.4 is 4.74 Å². The third kappa shape index (κ3) is 2.79. The lowest BCUT2D eigenvalue weighted by Gasteiger charge is -2.38. The van der Waals surface area contributed by atoms with Gasteiger partial charge in [0, 0.05) is 11.0 Å². The lowest BCUT2D eigenvalue weighted by Crippen LogP contribution is -2.39. The number of benzene rings is 1. The van der Waals surface area contributed by atoms with E-state index in [1.54, 1.807) is 31.4 Å². The Kier molecular flexibility index (Phi) is 4.52. The van der Waals surface area contributed by atoms with Crippen molar-refractivity contribution in [3.8, 4) is 5.75 Å². The summed E-state index contributed by atoms with van der Waals surface area (Å²) >= 11 is 0. The lowest BCUT2D eigenvalue weighted by molar-refractivity contribution is -0.173. The summed E-state index contributed by atoms with van der Waals surface area (Å²) < 4.78 is 16.0. The molecule has 3 rings (SSSR count). The van der Waals surface area contributed by atoms with E-state index in [0.717, 1.165) is 12.8 Å². The first kappa shape index (κ1) is 17.8. The monoisotopic (exact) mass is 346 g/mol. The van der Waals surface area contributed by atoms with Crippen molar-refractivity contribution in [1.29, 1.82) is 0 Å². The van der Waals surface area contributed by atoms with Crippen molar-refractivity contribution < 1.29 is 23.8 Å². The van der Waals surface area contributed by atoms with Crippen LogP contribution >= 0.6 is 0 Å². The van der Waals surface area contributed by atoms with Crippen molar-refractivity contribution in [2.45, 2.75) is 52.2 Å². The Hall–Kier alpha value is -2.04. The smallest absolute Gasteiger partial charge is 0.352 e. The Morgan fingerprint density at radius 2 is 1.92 bits per heavy atom. The summed E-state index contributed by atoms with van der Waals surface area (Å²) in [6.07, 6.45) is 1.94. The summed E-state index contributed by atoms with van der Waals surface area (Å²) in [5.41, 5.74) is 0.698. The maximum Gasteiger partial charge on any atom is 0.352 e. The molecule has 4 atom stereocenters. The average molecular weight is 346 g/mol. The Labute approximate surface area is 148 Å². The quantitative estimate of drug-likeness (QED) is 0.581. The van der Waals surface area contributed by atoms with Crippen molar-refractivity contribution >= 4 is 12.4 Å². The van der Waals surface area contributed by atoms with E-state index in [1.165, 1.54) is 6.42 Å². The Balaban J connectivity index is 1.77. The molecule has 0 heterocycles. The number of hydrogen-bond acceptors (Lipinski definition) is 5.